The summed E-state index contributed by atoms with van der Waals surface area (Å²) in [6.45, 7) is 1.95. The predicted octanol–water partition coefficient (Wildman–Crippen LogP) is 2.52. The Morgan fingerprint density at radius 2 is 1.80 bits per heavy atom. The van der Waals surface area contributed by atoms with Gasteiger partial charge in [0, 0.05) is 12.4 Å². The molecule has 1 aliphatic heterocycles. The predicted molar refractivity (Wildman–Crippen MR) is 60.8 cm³/mol. The highest BCUT2D eigenvalue weighted by Gasteiger charge is 2.17. The van der Waals surface area contributed by atoms with E-state index in [9.17, 15) is 0 Å². The van der Waals surface area contributed by atoms with Crippen LogP contribution in [-0.4, -0.2) is 24.2 Å². The second-order valence-corrected chi connectivity index (χ2v) is 4.31. The molecule has 1 fully saturated rings. The van der Waals surface area contributed by atoms with Crippen LogP contribution in [0.1, 0.15) is 12.8 Å². The Hall–Kier alpha value is -0.510. The number of nitrogens with zero attached hydrogens (tertiary/aromatic N) is 1. The Balaban J connectivity index is 2.09. The molecule has 2 heterocycles. The Kier molecular flexibility index (Phi) is 3.67. The summed E-state index contributed by atoms with van der Waals surface area (Å²) in [6, 6.07) is 0. The minimum Gasteiger partial charge on any atom is -0.487 e. The summed E-state index contributed by atoms with van der Waals surface area (Å²) in [4.78, 5) is 3.88. The van der Waals surface area contributed by atoms with Gasteiger partial charge in [0.2, 0.25) is 0 Å². The molecule has 0 aromatic carbocycles. The number of ether oxygens (including phenoxy) is 1. The standard InChI is InChI=1S/C10H12Cl2N2O/c11-8-5-14-6-9(12)10(8)15-7-1-3-13-4-2-7/h5-7,13H,1-4H2. The van der Waals surface area contributed by atoms with E-state index >= 15 is 0 Å². The maximum atomic E-state index is 5.96. The highest BCUT2D eigenvalue weighted by Crippen LogP contribution is 2.32. The molecule has 82 valence electrons. The molecule has 0 bridgehead atoms. The first-order valence-electron chi connectivity index (χ1n) is 4.94. The van der Waals surface area contributed by atoms with Crippen molar-refractivity contribution in [3.8, 4) is 5.75 Å². The van der Waals surface area contributed by atoms with Crippen molar-refractivity contribution in [2.45, 2.75) is 18.9 Å². The quantitative estimate of drug-likeness (QED) is 0.871. The molecule has 0 aliphatic carbocycles. The zero-order valence-corrected chi connectivity index (χ0v) is 9.68. The fourth-order valence-electron chi connectivity index (χ4n) is 1.59. The van der Waals surface area contributed by atoms with Gasteiger partial charge < -0.3 is 10.1 Å². The lowest BCUT2D eigenvalue weighted by atomic mass is 10.1. The monoisotopic (exact) mass is 246 g/mol. The van der Waals surface area contributed by atoms with E-state index in [1.54, 1.807) is 12.4 Å². The van der Waals surface area contributed by atoms with E-state index in [2.05, 4.69) is 10.3 Å². The Morgan fingerprint density at radius 3 is 2.40 bits per heavy atom. The van der Waals surface area contributed by atoms with Gasteiger partial charge in [-0.2, -0.15) is 0 Å². The van der Waals surface area contributed by atoms with Crippen molar-refractivity contribution in [1.29, 1.82) is 0 Å². The van der Waals surface area contributed by atoms with Crippen molar-refractivity contribution in [3.05, 3.63) is 22.4 Å². The van der Waals surface area contributed by atoms with Crippen molar-refractivity contribution in [2.75, 3.05) is 13.1 Å². The second-order valence-electron chi connectivity index (χ2n) is 3.50. The van der Waals surface area contributed by atoms with Gasteiger partial charge in [0.05, 0.1) is 0 Å². The van der Waals surface area contributed by atoms with Gasteiger partial charge in [-0.3, -0.25) is 4.98 Å². The minimum atomic E-state index is 0.198. The molecule has 2 rings (SSSR count). The molecule has 1 N–H and O–H groups in total. The Bertz CT molecular complexity index is 320. The van der Waals surface area contributed by atoms with Gasteiger partial charge in [-0.25, -0.2) is 0 Å². The molecule has 5 heteroatoms. The number of pyridine rings is 1. The van der Waals surface area contributed by atoms with Crippen molar-refractivity contribution in [2.24, 2.45) is 0 Å². The number of hydrogen-bond acceptors (Lipinski definition) is 3. The Morgan fingerprint density at radius 1 is 1.20 bits per heavy atom. The van der Waals surface area contributed by atoms with Gasteiger partial charge in [0.1, 0.15) is 16.1 Å². The van der Waals surface area contributed by atoms with Crippen LogP contribution in [0.15, 0.2) is 12.4 Å². The number of rotatable bonds is 2. The summed E-state index contributed by atoms with van der Waals surface area (Å²) < 4.78 is 5.77. The van der Waals surface area contributed by atoms with E-state index in [1.165, 1.54) is 0 Å². The van der Waals surface area contributed by atoms with E-state index in [-0.39, 0.29) is 6.10 Å². The molecular weight excluding hydrogens is 235 g/mol. The third kappa shape index (κ3) is 2.74. The van der Waals surface area contributed by atoms with E-state index < -0.39 is 0 Å². The average molecular weight is 247 g/mol. The largest absolute Gasteiger partial charge is 0.487 e. The van der Waals surface area contributed by atoms with Gasteiger partial charge >= 0.3 is 0 Å². The number of aromatic nitrogens is 1. The normalized spacial score (nSPS) is 17.7. The van der Waals surface area contributed by atoms with Crippen LogP contribution in [-0.2, 0) is 0 Å². The van der Waals surface area contributed by atoms with Crippen molar-refractivity contribution in [3.63, 3.8) is 0 Å². The van der Waals surface area contributed by atoms with Crippen molar-refractivity contribution in [1.82, 2.24) is 10.3 Å². The van der Waals surface area contributed by atoms with E-state index in [0.717, 1.165) is 25.9 Å². The maximum Gasteiger partial charge on any atom is 0.160 e. The summed E-state index contributed by atoms with van der Waals surface area (Å²) in [5, 5.41) is 4.22. The van der Waals surface area contributed by atoms with E-state index in [0.29, 0.717) is 15.8 Å². The molecule has 3 nitrogen and oxygen atoms in total. The summed E-state index contributed by atoms with van der Waals surface area (Å²) in [5.41, 5.74) is 0. The number of piperidine rings is 1. The smallest absolute Gasteiger partial charge is 0.160 e. The van der Waals surface area contributed by atoms with Crippen LogP contribution in [0.25, 0.3) is 0 Å². The molecule has 0 atom stereocenters. The molecule has 0 radical (unpaired) electrons. The van der Waals surface area contributed by atoms with Gasteiger partial charge in [-0.05, 0) is 25.9 Å². The van der Waals surface area contributed by atoms with Crippen LogP contribution in [0.3, 0.4) is 0 Å². The third-order valence-electron chi connectivity index (χ3n) is 2.38. The van der Waals surface area contributed by atoms with Crippen LogP contribution < -0.4 is 10.1 Å². The fraction of sp³-hybridized carbons (Fsp3) is 0.500. The molecule has 1 saturated heterocycles. The first-order valence-corrected chi connectivity index (χ1v) is 5.69. The molecular formula is C10H12Cl2N2O. The van der Waals surface area contributed by atoms with E-state index in [4.69, 9.17) is 27.9 Å². The van der Waals surface area contributed by atoms with Gasteiger partial charge in [0.15, 0.2) is 5.75 Å². The molecule has 1 aliphatic rings. The topological polar surface area (TPSA) is 34.1 Å². The van der Waals surface area contributed by atoms with Crippen LogP contribution in [0.5, 0.6) is 5.75 Å². The van der Waals surface area contributed by atoms with Crippen LogP contribution >= 0.6 is 23.2 Å². The van der Waals surface area contributed by atoms with Gasteiger partial charge in [0.25, 0.3) is 0 Å². The van der Waals surface area contributed by atoms with Gasteiger partial charge in [-0.1, -0.05) is 23.2 Å². The molecule has 0 amide bonds. The molecule has 1 aromatic heterocycles. The highest BCUT2D eigenvalue weighted by molar-refractivity contribution is 6.36. The van der Waals surface area contributed by atoms with Crippen LogP contribution in [0.2, 0.25) is 10.0 Å². The van der Waals surface area contributed by atoms with Crippen molar-refractivity contribution < 1.29 is 4.74 Å². The van der Waals surface area contributed by atoms with Crippen LogP contribution in [0, 0.1) is 0 Å². The highest BCUT2D eigenvalue weighted by atomic mass is 35.5. The molecule has 0 saturated carbocycles. The number of halogens is 2. The molecule has 0 unspecified atom stereocenters. The van der Waals surface area contributed by atoms with E-state index in [1.807, 2.05) is 0 Å². The summed E-state index contributed by atoms with van der Waals surface area (Å²) >= 11 is 11.9. The summed E-state index contributed by atoms with van der Waals surface area (Å²) in [5.74, 6) is 0.556. The first kappa shape index (κ1) is 11.0. The lowest BCUT2D eigenvalue weighted by molar-refractivity contribution is 0.162. The fourth-order valence-corrected chi connectivity index (χ4v) is 2.05. The zero-order valence-electron chi connectivity index (χ0n) is 8.17. The molecule has 15 heavy (non-hydrogen) atoms. The minimum absolute atomic E-state index is 0.198. The third-order valence-corrected chi connectivity index (χ3v) is 2.92. The molecule has 0 spiro atoms. The average Bonchev–Trinajstić information content (AvgIpc) is 2.25. The SMILES string of the molecule is Clc1cncc(Cl)c1OC1CCNCC1. The first-order chi connectivity index (χ1) is 7.27. The van der Waals surface area contributed by atoms with Crippen LogP contribution in [0.4, 0.5) is 0 Å². The summed E-state index contributed by atoms with van der Waals surface area (Å²) in [7, 11) is 0. The second kappa shape index (κ2) is 5.01. The van der Waals surface area contributed by atoms with Gasteiger partial charge in [-0.15, -0.1) is 0 Å². The lowest BCUT2D eigenvalue weighted by Crippen LogP contribution is -2.34. The number of hydrogen-bond donors (Lipinski definition) is 1. The van der Waals surface area contributed by atoms with Crippen molar-refractivity contribution >= 4 is 23.2 Å². The Labute approximate surface area is 98.7 Å². The molecule has 1 aromatic rings. The number of nitrogens with one attached hydrogen (secondary N) is 1. The summed E-state index contributed by atoms with van der Waals surface area (Å²) in [6.07, 6.45) is 5.25. The zero-order chi connectivity index (χ0) is 10.7. The lowest BCUT2D eigenvalue weighted by Gasteiger charge is -2.24. The maximum absolute atomic E-state index is 5.96.